The van der Waals surface area contributed by atoms with Crippen molar-refractivity contribution in [2.45, 2.75) is 33.7 Å². The second-order valence-electron chi connectivity index (χ2n) is 4.79. The Kier molecular flexibility index (Phi) is 3.76. The minimum Gasteiger partial charge on any atom is -0.292 e. The number of rotatable bonds is 3. The third kappa shape index (κ3) is 2.56. The van der Waals surface area contributed by atoms with Gasteiger partial charge in [-0.3, -0.25) is 9.48 Å². The van der Waals surface area contributed by atoms with Crippen LogP contribution in [0.25, 0.3) is 0 Å². The van der Waals surface area contributed by atoms with Gasteiger partial charge >= 0.3 is 0 Å². The molecule has 0 aliphatic heterocycles. The molecule has 1 heterocycles. The van der Waals surface area contributed by atoms with Gasteiger partial charge in [0.1, 0.15) is 6.04 Å². The highest BCUT2D eigenvalue weighted by Gasteiger charge is 2.20. The molecule has 100 valence electrons. The van der Waals surface area contributed by atoms with Crippen LogP contribution in [-0.2, 0) is 0 Å². The van der Waals surface area contributed by atoms with Crippen molar-refractivity contribution in [3.8, 4) is 0 Å². The van der Waals surface area contributed by atoms with Crippen LogP contribution in [-0.4, -0.2) is 15.6 Å². The molecule has 0 saturated heterocycles. The maximum Gasteiger partial charge on any atom is 0.187 e. The van der Waals surface area contributed by atoms with Crippen molar-refractivity contribution in [3.63, 3.8) is 0 Å². The lowest BCUT2D eigenvalue weighted by Gasteiger charge is -2.13. The second kappa shape index (κ2) is 5.17. The molecule has 0 aliphatic carbocycles. The zero-order valence-electron chi connectivity index (χ0n) is 11.6. The number of carbonyl (C=O) groups excluding carboxylic acids is 1. The summed E-state index contributed by atoms with van der Waals surface area (Å²) in [4.78, 5) is 12.4. The van der Waals surface area contributed by atoms with E-state index >= 15 is 0 Å². The highest BCUT2D eigenvalue weighted by molar-refractivity contribution is 6.30. The van der Waals surface area contributed by atoms with Crippen LogP contribution in [0.15, 0.2) is 24.3 Å². The van der Waals surface area contributed by atoms with Crippen molar-refractivity contribution in [2.24, 2.45) is 0 Å². The van der Waals surface area contributed by atoms with Crippen LogP contribution in [0, 0.1) is 20.8 Å². The van der Waals surface area contributed by atoms with Gasteiger partial charge in [-0.2, -0.15) is 5.10 Å². The standard InChI is InChI=1S/C15H17ClN2O/c1-9-10(2)17-18(11(9)3)12(4)15(19)13-5-7-14(16)8-6-13/h5-8,12H,1-4H3. The molecule has 2 rings (SSSR count). The molecular weight excluding hydrogens is 260 g/mol. The lowest BCUT2D eigenvalue weighted by molar-refractivity contribution is 0.0926. The van der Waals surface area contributed by atoms with E-state index in [4.69, 9.17) is 11.6 Å². The van der Waals surface area contributed by atoms with Gasteiger partial charge < -0.3 is 0 Å². The van der Waals surface area contributed by atoms with Crippen molar-refractivity contribution in [1.29, 1.82) is 0 Å². The van der Waals surface area contributed by atoms with Gasteiger partial charge in [0.05, 0.1) is 5.69 Å². The molecule has 1 aromatic heterocycles. The van der Waals surface area contributed by atoms with Crippen molar-refractivity contribution in [1.82, 2.24) is 9.78 Å². The fraction of sp³-hybridized carbons (Fsp3) is 0.333. The molecule has 0 bridgehead atoms. The molecule has 0 spiro atoms. The number of aromatic nitrogens is 2. The monoisotopic (exact) mass is 276 g/mol. The van der Waals surface area contributed by atoms with Crippen LogP contribution in [0.4, 0.5) is 0 Å². The van der Waals surface area contributed by atoms with E-state index in [9.17, 15) is 4.79 Å². The smallest absolute Gasteiger partial charge is 0.187 e. The first-order chi connectivity index (χ1) is 8.91. The Morgan fingerprint density at radius 2 is 1.79 bits per heavy atom. The Balaban J connectivity index is 2.33. The molecule has 1 aromatic carbocycles. The number of hydrogen-bond acceptors (Lipinski definition) is 2. The lowest BCUT2D eigenvalue weighted by atomic mass is 10.1. The number of ketones is 1. The summed E-state index contributed by atoms with van der Waals surface area (Å²) in [6, 6.07) is 6.65. The van der Waals surface area contributed by atoms with Gasteiger partial charge in [-0.15, -0.1) is 0 Å². The zero-order chi connectivity index (χ0) is 14.2. The Morgan fingerprint density at radius 3 is 2.26 bits per heavy atom. The van der Waals surface area contributed by atoms with Crippen molar-refractivity contribution in [3.05, 3.63) is 51.8 Å². The minimum atomic E-state index is -0.312. The van der Waals surface area contributed by atoms with Crippen LogP contribution in [0.2, 0.25) is 5.02 Å². The maximum absolute atomic E-state index is 12.4. The predicted octanol–water partition coefficient (Wildman–Crippen LogP) is 3.91. The van der Waals surface area contributed by atoms with Gasteiger partial charge in [-0.25, -0.2) is 0 Å². The van der Waals surface area contributed by atoms with Crippen molar-refractivity contribution in [2.75, 3.05) is 0 Å². The Hall–Kier alpha value is -1.61. The van der Waals surface area contributed by atoms with Crippen LogP contribution < -0.4 is 0 Å². The van der Waals surface area contributed by atoms with Crippen molar-refractivity contribution < 1.29 is 4.79 Å². The van der Waals surface area contributed by atoms with Crippen LogP contribution >= 0.6 is 11.6 Å². The van der Waals surface area contributed by atoms with E-state index < -0.39 is 0 Å². The fourth-order valence-electron chi connectivity index (χ4n) is 2.09. The molecule has 3 nitrogen and oxygen atoms in total. The summed E-state index contributed by atoms with van der Waals surface area (Å²) in [7, 11) is 0. The van der Waals surface area contributed by atoms with Gasteiger partial charge in [0.15, 0.2) is 5.78 Å². The summed E-state index contributed by atoms with van der Waals surface area (Å²) >= 11 is 5.83. The predicted molar refractivity (Wildman–Crippen MR) is 76.9 cm³/mol. The molecule has 1 atom stereocenters. The Labute approximate surface area is 118 Å². The Morgan fingerprint density at radius 1 is 1.21 bits per heavy atom. The summed E-state index contributed by atoms with van der Waals surface area (Å²) in [5.74, 6) is 0.0438. The molecule has 1 unspecified atom stereocenters. The van der Waals surface area contributed by atoms with E-state index in [1.165, 1.54) is 0 Å². The van der Waals surface area contributed by atoms with Gasteiger partial charge in [-0.05, 0) is 57.5 Å². The number of Topliss-reactive ketones (excluding diaryl/α,β-unsaturated/α-hetero) is 1. The first-order valence-electron chi connectivity index (χ1n) is 6.24. The largest absolute Gasteiger partial charge is 0.292 e. The summed E-state index contributed by atoms with van der Waals surface area (Å²) in [5.41, 5.74) is 3.79. The van der Waals surface area contributed by atoms with Crippen molar-refractivity contribution >= 4 is 17.4 Å². The number of halogens is 1. The molecular formula is C15H17ClN2O. The molecule has 0 saturated carbocycles. The number of hydrogen-bond donors (Lipinski definition) is 0. The minimum absolute atomic E-state index is 0.0438. The molecule has 0 amide bonds. The molecule has 0 radical (unpaired) electrons. The highest BCUT2D eigenvalue weighted by atomic mass is 35.5. The summed E-state index contributed by atoms with van der Waals surface area (Å²) < 4.78 is 1.79. The van der Waals surface area contributed by atoms with Crippen LogP contribution in [0.3, 0.4) is 0 Å². The number of nitrogens with zero attached hydrogens (tertiary/aromatic N) is 2. The van der Waals surface area contributed by atoms with Gasteiger partial charge in [0.25, 0.3) is 0 Å². The number of benzene rings is 1. The molecule has 4 heteroatoms. The van der Waals surface area contributed by atoms with Gasteiger partial charge in [0, 0.05) is 16.3 Å². The van der Waals surface area contributed by atoms with Gasteiger partial charge in [-0.1, -0.05) is 11.6 Å². The SMILES string of the molecule is Cc1nn(C(C)C(=O)c2ccc(Cl)cc2)c(C)c1C. The maximum atomic E-state index is 12.4. The topological polar surface area (TPSA) is 34.9 Å². The van der Waals surface area contributed by atoms with E-state index in [-0.39, 0.29) is 11.8 Å². The average molecular weight is 277 g/mol. The van der Waals surface area contributed by atoms with E-state index in [1.54, 1.807) is 28.9 Å². The van der Waals surface area contributed by atoms with Crippen LogP contribution in [0.5, 0.6) is 0 Å². The first kappa shape index (κ1) is 13.8. The van der Waals surface area contributed by atoms with E-state index in [2.05, 4.69) is 5.10 Å². The summed E-state index contributed by atoms with van der Waals surface area (Å²) in [6.07, 6.45) is 0. The third-order valence-corrected chi connectivity index (χ3v) is 3.81. The number of carbonyl (C=O) groups is 1. The molecule has 2 aromatic rings. The van der Waals surface area contributed by atoms with E-state index in [0.717, 1.165) is 17.0 Å². The number of aryl methyl sites for hydroxylation is 1. The van der Waals surface area contributed by atoms with E-state index in [1.807, 2.05) is 27.7 Å². The average Bonchev–Trinajstić information content (AvgIpc) is 2.66. The summed E-state index contributed by atoms with van der Waals surface area (Å²) in [5, 5.41) is 5.07. The second-order valence-corrected chi connectivity index (χ2v) is 5.22. The Bertz CT molecular complexity index is 614. The fourth-order valence-corrected chi connectivity index (χ4v) is 2.21. The van der Waals surface area contributed by atoms with Gasteiger partial charge in [0.2, 0.25) is 0 Å². The van der Waals surface area contributed by atoms with E-state index in [0.29, 0.717) is 10.6 Å². The molecule has 0 fully saturated rings. The quantitative estimate of drug-likeness (QED) is 0.797. The molecule has 19 heavy (non-hydrogen) atoms. The zero-order valence-corrected chi connectivity index (χ0v) is 12.3. The highest BCUT2D eigenvalue weighted by Crippen LogP contribution is 2.20. The summed E-state index contributed by atoms with van der Waals surface area (Å²) in [6.45, 7) is 7.84. The normalized spacial score (nSPS) is 12.5. The molecule has 0 N–H and O–H groups in total. The lowest BCUT2D eigenvalue weighted by Crippen LogP contribution is -2.19. The van der Waals surface area contributed by atoms with Crippen LogP contribution in [0.1, 0.15) is 40.3 Å². The molecule has 0 aliphatic rings. The third-order valence-electron chi connectivity index (χ3n) is 3.56. The first-order valence-corrected chi connectivity index (χ1v) is 6.61.